The van der Waals surface area contributed by atoms with Crippen molar-refractivity contribution < 1.29 is 4.79 Å². The molecular formula is C16H25N3O. The number of nitrogens with one attached hydrogen (secondary N) is 1. The Bertz CT molecular complexity index is 401. The Morgan fingerprint density at radius 2 is 1.95 bits per heavy atom. The van der Waals surface area contributed by atoms with Crippen LogP contribution in [0.5, 0.6) is 0 Å². The average molecular weight is 275 g/mol. The lowest BCUT2D eigenvalue weighted by molar-refractivity contribution is -0.137. The quantitative estimate of drug-likeness (QED) is 0.824. The molecule has 4 heteroatoms. The van der Waals surface area contributed by atoms with Gasteiger partial charge < -0.3 is 16.0 Å². The van der Waals surface area contributed by atoms with Gasteiger partial charge >= 0.3 is 0 Å². The number of carbonyl (C=O) groups is 1. The molecule has 0 unspecified atom stereocenters. The van der Waals surface area contributed by atoms with Crippen LogP contribution in [-0.4, -0.2) is 37.0 Å². The zero-order valence-electron chi connectivity index (χ0n) is 12.1. The fourth-order valence-electron chi connectivity index (χ4n) is 2.68. The topological polar surface area (TPSA) is 58.4 Å². The van der Waals surface area contributed by atoms with Crippen molar-refractivity contribution in [2.24, 2.45) is 11.7 Å². The first-order valence-electron chi connectivity index (χ1n) is 7.54. The SMILES string of the molecule is NCCCN(Cc1ccccc1)C(=O)C1CCNCC1. The Morgan fingerprint density at radius 3 is 2.60 bits per heavy atom. The Kier molecular flexibility index (Phi) is 6.02. The number of carbonyl (C=O) groups excluding carboxylic acids is 1. The van der Waals surface area contributed by atoms with Crippen molar-refractivity contribution in [3.8, 4) is 0 Å². The Morgan fingerprint density at radius 1 is 1.25 bits per heavy atom. The summed E-state index contributed by atoms with van der Waals surface area (Å²) >= 11 is 0. The van der Waals surface area contributed by atoms with Crippen LogP contribution in [0.25, 0.3) is 0 Å². The van der Waals surface area contributed by atoms with Crippen LogP contribution in [0.4, 0.5) is 0 Å². The lowest BCUT2D eigenvalue weighted by atomic mass is 9.96. The Labute approximate surface area is 121 Å². The fourth-order valence-corrected chi connectivity index (χ4v) is 2.68. The summed E-state index contributed by atoms with van der Waals surface area (Å²) in [5, 5.41) is 3.31. The highest BCUT2D eigenvalue weighted by Crippen LogP contribution is 2.17. The fraction of sp³-hybridized carbons (Fsp3) is 0.562. The minimum absolute atomic E-state index is 0.178. The van der Waals surface area contributed by atoms with Gasteiger partial charge in [-0.2, -0.15) is 0 Å². The van der Waals surface area contributed by atoms with Gasteiger partial charge in [-0.15, -0.1) is 0 Å². The predicted molar refractivity (Wildman–Crippen MR) is 81.1 cm³/mol. The molecule has 1 aliphatic heterocycles. The molecule has 0 radical (unpaired) electrons. The maximum absolute atomic E-state index is 12.7. The van der Waals surface area contributed by atoms with Crippen LogP contribution < -0.4 is 11.1 Å². The molecule has 1 saturated heterocycles. The van der Waals surface area contributed by atoms with Crippen LogP contribution in [0.2, 0.25) is 0 Å². The van der Waals surface area contributed by atoms with Crippen LogP contribution in [-0.2, 0) is 11.3 Å². The zero-order chi connectivity index (χ0) is 14.2. The monoisotopic (exact) mass is 275 g/mol. The van der Waals surface area contributed by atoms with Gasteiger partial charge in [0.25, 0.3) is 0 Å². The third-order valence-corrected chi connectivity index (χ3v) is 3.85. The number of hydrogen-bond donors (Lipinski definition) is 2. The minimum atomic E-state index is 0.178. The number of amides is 1. The van der Waals surface area contributed by atoms with Crippen LogP contribution in [0.1, 0.15) is 24.8 Å². The molecule has 1 amide bonds. The summed E-state index contributed by atoms with van der Waals surface area (Å²) in [5.41, 5.74) is 6.79. The number of hydrogen-bond acceptors (Lipinski definition) is 3. The van der Waals surface area contributed by atoms with Crippen molar-refractivity contribution in [3.63, 3.8) is 0 Å². The van der Waals surface area contributed by atoms with Gasteiger partial charge in [-0.05, 0) is 44.5 Å². The lowest BCUT2D eigenvalue weighted by Gasteiger charge is -2.29. The minimum Gasteiger partial charge on any atom is -0.338 e. The second-order valence-electron chi connectivity index (χ2n) is 5.41. The molecule has 1 aliphatic rings. The van der Waals surface area contributed by atoms with Crippen molar-refractivity contribution in [1.82, 2.24) is 10.2 Å². The van der Waals surface area contributed by atoms with E-state index in [0.29, 0.717) is 19.0 Å². The van der Waals surface area contributed by atoms with Crippen LogP contribution in [0.15, 0.2) is 30.3 Å². The van der Waals surface area contributed by atoms with Crippen molar-refractivity contribution in [2.45, 2.75) is 25.8 Å². The van der Waals surface area contributed by atoms with Gasteiger partial charge in [-0.3, -0.25) is 4.79 Å². The van der Waals surface area contributed by atoms with E-state index in [4.69, 9.17) is 5.73 Å². The van der Waals surface area contributed by atoms with E-state index in [0.717, 1.165) is 38.9 Å². The van der Waals surface area contributed by atoms with E-state index in [1.165, 1.54) is 5.56 Å². The molecule has 1 aromatic rings. The first-order chi connectivity index (χ1) is 9.81. The van der Waals surface area contributed by atoms with Crippen molar-refractivity contribution in [3.05, 3.63) is 35.9 Å². The summed E-state index contributed by atoms with van der Waals surface area (Å²) in [5.74, 6) is 0.474. The molecule has 0 atom stereocenters. The molecule has 1 heterocycles. The summed E-state index contributed by atoms with van der Waals surface area (Å²) in [7, 11) is 0. The molecule has 1 aromatic carbocycles. The van der Waals surface area contributed by atoms with E-state index in [9.17, 15) is 4.79 Å². The zero-order valence-corrected chi connectivity index (χ0v) is 12.1. The number of nitrogens with zero attached hydrogens (tertiary/aromatic N) is 1. The molecule has 2 rings (SSSR count). The van der Waals surface area contributed by atoms with E-state index in [2.05, 4.69) is 17.4 Å². The van der Waals surface area contributed by atoms with E-state index < -0.39 is 0 Å². The van der Waals surface area contributed by atoms with Gasteiger partial charge in [0.15, 0.2) is 0 Å². The summed E-state index contributed by atoms with van der Waals surface area (Å²) in [6, 6.07) is 10.2. The van der Waals surface area contributed by atoms with Crippen molar-refractivity contribution in [1.29, 1.82) is 0 Å². The second-order valence-corrected chi connectivity index (χ2v) is 5.41. The van der Waals surface area contributed by atoms with E-state index in [-0.39, 0.29) is 5.92 Å². The predicted octanol–water partition coefficient (Wildman–Crippen LogP) is 1.36. The molecule has 20 heavy (non-hydrogen) atoms. The summed E-state index contributed by atoms with van der Waals surface area (Å²) < 4.78 is 0. The molecule has 0 bridgehead atoms. The first-order valence-corrected chi connectivity index (χ1v) is 7.54. The number of benzene rings is 1. The number of nitrogens with two attached hydrogens (primary N) is 1. The largest absolute Gasteiger partial charge is 0.338 e. The van der Waals surface area contributed by atoms with E-state index in [1.54, 1.807) is 0 Å². The lowest BCUT2D eigenvalue weighted by Crippen LogP contribution is -2.41. The van der Waals surface area contributed by atoms with Gasteiger partial charge in [-0.1, -0.05) is 30.3 Å². The summed E-state index contributed by atoms with van der Waals surface area (Å²) in [6.45, 7) is 3.99. The molecule has 3 N–H and O–H groups in total. The van der Waals surface area contributed by atoms with Gasteiger partial charge in [0.05, 0.1) is 0 Å². The van der Waals surface area contributed by atoms with Crippen LogP contribution in [0, 0.1) is 5.92 Å². The molecule has 4 nitrogen and oxygen atoms in total. The van der Waals surface area contributed by atoms with Gasteiger partial charge in [-0.25, -0.2) is 0 Å². The highest BCUT2D eigenvalue weighted by molar-refractivity contribution is 5.79. The third kappa shape index (κ3) is 4.32. The maximum atomic E-state index is 12.7. The van der Waals surface area contributed by atoms with Crippen LogP contribution in [0.3, 0.4) is 0 Å². The number of piperidine rings is 1. The first kappa shape index (κ1) is 15.0. The number of rotatable bonds is 6. The average Bonchev–Trinajstić information content (AvgIpc) is 2.52. The molecule has 0 aromatic heterocycles. The van der Waals surface area contributed by atoms with E-state index >= 15 is 0 Å². The summed E-state index contributed by atoms with van der Waals surface area (Å²) in [4.78, 5) is 14.7. The molecule has 1 fully saturated rings. The van der Waals surface area contributed by atoms with Crippen LogP contribution >= 0.6 is 0 Å². The van der Waals surface area contributed by atoms with Crippen molar-refractivity contribution >= 4 is 5.91 Å². The summed E-state index contributed by atoms with van der Waals surface area (Å²) in [6.07, 6.45) is 2.77. The third-order valence-electron chi connectivity index (χ3n) is 3.85. The smallest absolute Gasteiger partial charge is 0.226 e. The van der Waals surface area contributed by atoms with Gasteiger partial charge in [0.1, 0.15) is 0 Å². The normalized spacial score (nSPS) is 16.1. The highest BCUT2D eigenvalue weighted by atomic mass is 16.2. The van der Waals surface area contributed by atoms with Crippen molar-refractivity contribution in [2.75, 3.05) is 26.2 Å². The highest BCUT2D eigenvalue weighted by Gasteiger charge is 2.25. The van der Waals surface area contributed by atoms with Gasteiger partial charge in [0.2, 0.25) is 5.91 Å². The van der Waals surface area contributed by atoms with E-state index in [1.807, 2.05) is 23.1 Å². The van der Waals surface area contributed by atoms with Gasteiger partial charge in [0, 0.05) is 19.0 Å². The molecule has 110 valence electrons. The Balaban J connectivity index is 2.00. The molecule has 0 saturated carbocycles. The maximum Gasteiger partial charge on any atom is 0.226 e. The standard InChI is InChI=1S/C16H25N3O/c17-9-4-12-19(13-14-5-2-1-3-6-14)16(20)15-7-10-18-11-8-15/h1-3,5-6,15,18H,4,7-13,17H2. The molecule has 0 aliphatic carbocycles. The molecular weight excluding hydrogens is 250 g/mol. The molecule has 0 spiro atoms. The second kappa shape index (κ2) is 8.02. The Hall–Kier alpha value is -1.39.